The number of hydrogen-bond donors (Lipinski definition) is 2. The number of benzene rings is 5. The molecule has 5 aromatic carbocycles. The number of ketones is 1. The van der Waals surface area contributed by atoms with Crippen LogP contribution in [0, 0.1) is 0 Å². The SMILES string of the molecule is O=C(Nc1cccc(SCC(=O)c2ccc(Cl)cc2Cl)c1)/C(=C/c1ccc(-c2ccccc2)cc1)NC(=O)c1ccccc1. The number of nitrogens with one attached hydrogen (secondary N) is 2. The van der Waals surface area contributed by atoms with Crippen molar-refractivity contribution in [2.75, 3.05) is 11.1 Å². The summed E-state index contributed by atoms with van der Waals surface area (Å²) in [6.45, 7) is 0. The Morgan fingerprint density at radius 3 is 2.09 bits per heavy atom. The topological polar surface area (TPSA) is 75.3 Å². The largest absolute Gasteiger partial charge is 0.321 e. The van der Waals surface area contributed by atoms with E-state index in [2.05, 4.69) is 10.6 Å². The number of hydrogen-bond acceptors (Lipinski definition) is 4. The summed E-state index contributed by atoms with van der Waals surface area (Å²) >= 11 is 13.5. The molecule has 5 aromatic rings. The molecule has 5 rings (SSSR count). The van der Waals surface area contributed by atoms with Crippen LogP contribution in [0.3, 0.4) is 0 Å². The van der Waals surface area contributed by atoms with Crippen molar-refractivity contribution in [2.24, 2.45) is 0 Å². The van der Waals surface area contributed by atoms with Crippen molar-refractivity contribution in [3.05, 3.63) is 160 Å². The molecule has 2 amide bonds. The molecule has 0 saturated carbocycles. The number of Topliss-reactive ketones (excluding diaryl/α,β-unsaturated/α-hetero) is 1. The number of carbonyl (C=O) groups is 3. The van der Waals surface area contributed by atoms with Crippen LogP contribution in [0.25, 0.3) is 17.2 Å². The number of halogens is 2. The lowest BCUT2D eigenvalue weighted by molar-refractivity contribution is -0.113. The molecule has 0 radical (unpaired) electrons. The molecule has 0 aliphatic heterocycles. The first-order chi connectivity index (χ1) is 21.4. The van der Waals surface area contributed by atoms with Gasteiger partial charge in [-0.1, -0.05) is 102 Å². The zero-order valence-corrected chi connectivity index (χ0v) is 25.6. The molecule has 44 heavy (non-hydrogen) atoms. The third-order valence-corrected chi connectivity index (χ3v) is 8.09. The van der Waals surface area contributed by atoms with E-state index in [1.165, 1.54) is 17.8 Å². The Bertz CT molecular complexity index is 1830. The summed E-state index contributed by atoms with van der Waals surface area (Å²) in [5.41, 5.74) is 4.27. The van der Waals surface area contributed by atoms with E-state index in [0.29, 0.717) is 26.9 Å². The van der Waals surface area contributed by atoms with Crippen molar-refractivity contribution in [1.29, 1.82) is 0 Å². The van der Waals surface area contributed by atoms with Gasteiger partial charge in [0.15, 0.2) is 5.78 Å². The summed E-state index contributed by atoms with van der Waals surface area (Å²) in [5, 5.41) is 6.40. The molecule has 0 aromatic heterocycles. The molecule has 0 fully saturated rings. The van der Waals surface area contributed by atoms with Gasteiger partial charge in [0.1, 0.15) is 5.70 Å². The molecule has 0 spiro atoms. The van der Waals surface area contributed by atoms with Crippen LogP contribution in [0.1, 0.15) is 26.3 Å². The lowest BCUT2D eigenvalue weighted by Gasteiger charge is -2.12. The van der Waals surface area contributed by atoms with Crippen molar-refractivity contribution in [3.63, 3.8) is 0 Å². The molecule has 0 bridgehead atoms. The van der Waals surface area contributed by atoms with E-state index in [9.17, 15) is 14.4 Å². The van der Waals surface area contributed by atoms with Gasteiger partial charge in [0.25, 0.3) is 11.8 Å². The standard InChI is InChI=1S/C36H26Cl2N2O3S/c37-28-18-19-31(32(38)21-28)34(41)23-44-30-13-7-12-29(22-30)39-36(43)33(40-35(42)27-10-5-2-6-11-27)20-24-14-16-26(17-15-24)25-8-3-1-4-9-25/h1-22H,23H2,(H,39,43)(H,40,42)/b33-20-. The molecule has 0 atom stereocenters. The Labute approximate surface area is 269 Å². The van der Waals surface area contributed by atoms with Gasteiger partial charge < -0.3 is 10.6 Å². The Kier molecular flexibility index (Phi) is 10.3. The molecule has 8 heteroatoms. The molecule has 0 saturated heterocycles. The van der Waals surface area contributed by atoms with Gasteiger partial charge in [0.2, 0.25) is 0 Å². The maximum absolute atomic E-state index is 13.5. The minimum Gasteiger partial charge on any atom is -0.321 e. The minimum atomic E-state index is -0.493. The number of thioether (sulfide) groups is 1. The fourth-order valence-corrected chi connectivity index (χ4v) is 5.67. The normalized spacial score (nSPS) is 11.1. The van der Waals surface area contributed by atoms with E-state index in [1.54, 1.807) is 60.7 Å². The summed E-state index contributed by atoms with van der Waals surface area (Å²) in [4.78, 5) is 40.0. The maximum atomic E-state index is 13.5. The van der Waals surface area contributed by atoms with Gasteiger partial charge in [-0.25, -0.2) is 0 Å². The summed E-state index contributed by atoms with van der Waals surface area (Å²) in [7, 11) is 0. The Balaban J connectivity index is 1.33. The lowest BCUT2D eigenvalue weighted by Crippen LogP contribution is -2.30. The van der Waals surface area contributed by atoms with E-state index in [0.717, 1.165) is 21.6 Å². The van der Waals surface area contributed by atoms with E-state index >= 15 is 0 Å². The number of rotatable bonds is 10. The first-order valence-electron chi connectivity index (χ1n) is 13.6. The second-order valence-corrected chi connectivity index (χ2v) is 11.6. The predicted molar refractivity (Wildman–Crippen MR) is 180 cm³/mol. The monoisotopic (exact) mass is 636 g/mol. The average Bonchev–Trinajstić information content (AvgIpc) is 3.04. The van der Waals surface area contributed by atoms with E-state index in [4.69, 9.17) is 23.2 Å². The zero-order chi connectivity index (χ0) is 30.9. The zero-order valence-electron chi connectivity index (χ0n) is 23.3. The highest BCUT2D eigenvalue weighted by Crippen LogP contribution is 2.27. The number of carbonyl (C=O) groups excluding carboxylic acids is 3. The molecule has 0 unspecified atom stereocenters. The van der Waals surface area contributed by atoms with Crippen molar-refractivity contribution in [3.8, 4) is 11.1 Å². The van der Waals surface area contributed by atoms with E-state index in [-0.39, 0.29) is 17.2 Å². The first kappa shape index (κ1) is 30.8. The van der Waals surface area contributed by atoms with Gasteiger partial charge in [-0.3, -0.25) is 14.4 Å². The van der Waals surface area contributed by atoms with Gasteiger partial charge >= 0.3 is 0 Å². The summed E-state index contributed by atoms with van der Waals surface area (Å²) in [6.07, 6.45) is 1.64. The van der Waals surface area contributed by atoms with Crippen LogP contribution in [0.5, 0.6) is 0 Å². The van der Waals surface area contributed by atoms with Crippen molar-refractivity contribution >= 4 is 64.3 Å². The smallest absolute Gasteiger partial charge is 0.272 e. The maximum Gasteiger partial charge on any atom is 0.272 e. The van der Waals surface area contributed by atoms with Crippen LogP contribution in [0.4, 0.5) is 5.69 Å². The second kappa shape index (κ2) is 14.7. The van der Waals surface area contributed by atoms with Crippen LogP contribution in [0.15, 0.2) is 138 Å². The highest BCUT2D eigenvalue weighted by Gasteiger charge is 2.16. The van der Waals surface area contributed by atoms with Crippen LogP contribution in [-0.4, -0.2) is 23.4 Å². The Morgan fingerprint density at radius 2 is 1.39 bits per heavy atom. The third kappa shape index (κ3) is 8.26. The summed E-state index contributed by atoms with van der Waals surface area (Å²) < 4.78 is 0. The highest BCUT2D eigenvalue weighted by atomic mass is 35.5. The Hall–Kier alpha value is -4.62. The molecule has 0 heterocycles. The molecule has 0 aliphatic carbocycles. The molecule has 0 aliphatic rings. The van der Waals surface area contributed by atoms with Crippen molar-refractivity contribution < 1.29 is 14.4 Å². The van der Waals surface area contributed by atoms with E-state index in [1.807, 2.05) is 66.7 Å². The van der Waals surface area contributed by atoms with Gasteiger partial charge in [0.05, 0.1) is 10.8 Å². The Morgan fingerprint density at radius 1 is 0.705 bits per heavy atom. The third-order valence-electron chi connectivity index (χ3n) is 6.55. The quantitative estimate of drug-likeness (QED) is 0.0911. The van der Waals surface area contributed by atoms with Crippen LogP contribution < -0.4 is 10.6 Å². The van der Waals surface area contributed by atoms with Crippen LogP contribution in [-0.2, 0) is 4.79 Å². The molecular formula is C36H26Cl2N2O3S. The summed E-state index contributed by atoms with van der Waals surface area (Å²) in [5.74, 6) is -0.891. The number of anilines is 1. The van der Waals surface area contributed by atoms with Gasteiger partial charge in [-0.05, 0) is 71.3 Å². The van der Waals surface area contributed by atoms with Gasteiger partial charge in [-0.15, -0.1) is 11.8 Å². The van der Waals surface area contributed by atoms with Gasteiger partial charge in [-0.2, -0.15) is 0 Å². The van der Waals surface area contributed by atoms with Gasteiger partial charge in [0, 0.05) is 26.7 Å². The predicted octanol–water partition coefficient (Wildman–Crippen LogP) is 9.05. The fraction of sp³-hybridized carbons (Fsp3) is 0.0278. The van der Waals surface area contributed by atoms with Crippen molar-refractivity contribution in [2.45, 2.75) is 4.90 Å². The molecule has 2 N–H and O–H groups in total. The number of amides is 2. The molecule has 5 nitrogen and oxygen atoms in total. The second-order valence-electron chi connectivity index (χ2n) is 9.68. The minimum absolute atomic E-state index is 0.0805. The van der Waals surface area contributed by atoms with Crippen LogP contribution in [0.2, 0.25) is 10.0 Å². The summed E-state index contributed by atoms with van der Waals surface area (Å²) in [6, 6.07) is 38.3. The average molecular weight is 638 g/mol. The molecular weight excluding hydrogens is 611 g/mol. The molecule has 218 valence electrons. The van der Waals surface area contributed by atoms with Crippen molar-refractivity contribution in [1.82, 2.24) is 5.32 Å². The van der Waals surface area contributed by atoms with Crippen LogP contribution >= 0.6 is 35.0 Å². The fourth-order valence-electron chi connectivity index (χ4n) is 4.32. The lowest BCUT2D eigenvalue weighted by atomic mass is 10.0. The first-order valence-corrected chi connectivity index (χ1v) is 15.4. The highest BCUT2D eigenvalue weighted by molar-refractivity contribution is 8.00. The van der Waals surface area contributed by atoms with E-state index < -0.39 is 11.8 Å².